The fourth-order valence-electron chi connectivity index (χ4n) is 2.68. The lowest BCUT2D eigenvalue weighted by Crippen LogP contribution is -2.37. The molecule has 2 aromatic carbocycles. The van der Waals surface area contributed by atoms with Crippen molar-refractivity contribution in [3.63, 3.8) is 0 Å². The van der Waals surface area contributed by atoms with Crippen molar-refractivity contribution in [2.24, 2.45) is 0 Å². The summed E-state index contributed by atoms with van der Waals surface area (Å²) < 4.78 is 19.1. The molecule has 1 amide bonds. The van der Waals surface area contributed by atoms with Crippen LogP contribution in [-0.4, -0.2) is 24.5 Å². The van der Waals surface area contributed by atoms with Gasteiger partial charge in [-0.3, -0.25) is 4.79 Å². The number of hydrogen-bond donors (Lipinski definition) is 0. The Morgan fingerprint density at radius 2 is 2.00 bits per heavy atom. The Morgan fingerprint density at radius 1 is 1.27 bits per heavy atom. The molecule has 0 aliphatic carbocycles. The number of hydrogen-bond acceptors (Lipinski definition) is 2. The van der Waals surface area contributed by atoms with E-state index in [0.29, 0.717) is 29.5 Å². The van der Waals surface area contributed by atoms with Crippen LogP contribution >= 0.6 is 15.9 Å². The maximum absolute atomic E-state index is 13.4. The zero-order valence-electron chi connectivity index (χ0n) is 12.1. The van der Waals surface area contributed by atoms with Gasteiger partial charge >= 0.3 is 0 Å². The first-order valence-electron chi connectivity index (χ1n) is 6.98. The molecule has 1 aliphatic heterocycles. The number of halogens is 2. The highest BCUT2D eigenvalue weighted by molar-refractivity contribution is 9.10. The standard InChI is InChI=1S/C17H15BrFNO2/c1-22-14-4-2-11(3-5-14)10-20-7-6-12-8-13(19)9-15(18)16(12)17(20)21/h2-5,8-9H,6-7,10H2,1H3. The number of nitrogens with zero attached hydrogens (tertiary/aromatic N) is 1. The van der Waals surface area contributed by atoms with Crippen molar-refractivity contribution in [1.82, 2.24) is 4.90 Å². The minimum absolute atomic E-state index is 0.0658. The largest absolute Gasteiger partial charge is 0.497 e. The summed E-state index contributed by atoms with van der Waals surface area (Å²) in [6, 6.07) is 10.4. The van der Waals surface area contributed by atoms with E-state index in [4.69, 9.17) is 4.74 Å². The summed E-state index contributed by atoms with van der Waals surface area (Å²) in [7, 11) is 1.62. The third-order valence-electron chi connectivity index (χ3n) is 3.82. The fourth-order valence-corrected chi connectivity index (χ4v) is 3.32. The molecule has 0 radical (unpaired) electrons. The van der Waals surface area contributed by atoms with Crippen LogP contribution in [0.15, 0.2) is 40.9 Å². The summed E-state index contributed by atoms with van der Waals surface area (Å²) in [5, 5.41) is 0. The van der Waals surface area contributed by atoms with Crippen molar-refractivity contribution >= 4 is 21.8 Å². The van der Waals surface area contributed by atoms with Crippen molar-refractivity contribution in [2.45, 2.75) is 13.0 Å². The Balaban J connectivity index is 1.83. The maximum atomic E-state index is 13.4. The molecule has 0 unspecified atom stereocenters. The number of rotatable bonds is 3. The number of fused-ring (bicyclic) bond motifs is 1. The Morgan fingerprint density at radius 3 is 2.68 bits per heavy atom. The molecule has 114 valence electrons. The van der Waals surface area contributed by atoms with Gasteiger partial charge in [0.15, 0.2) is 0 Å². The van der Waals surface area contributed by atoms with Crippen LogP contribution < -0.4 is 4.74 Å². The van der Waals surface area contributed by atoms with Crippen LogP contribution in [0.3, 0.4) is 0 Å². The quantitative estimate of drug-likeness (QED) is 0.829. The van der Waals surface area contributed by atoms with Crippen molar-refractivity contribution < 1.29 is 13.9 Å². The van der Waals surface area contributed by atoms with Crippen LogP contribution in [0.2, 0.25) is 0 Å². The highest BCUT2D eigenvalue weighted by atomic mass is 79.9. The van der Waals surface area contributed by atoms with E-state index >= 15 is 0 Å². The molecule has 0 bridgehead atoms. The third kappa shape index (κ3) is 2.86. The van der Waals surface area contributed by atoms with Crippen LogP contribution in [0.25, 0.3) is 0 Å². The minimum atomic E-state index is -0.318. The predicted octanol–water partition coefficient (Wildman–Crippen LogP) is 3.80. The van der Waals surface area contributed by atoms with Gasteiger partial charge < -0.3 is 9.64 Å². The van der Waals surface area contributed by atoms with Crippen LogP contribution in [0.1, 0.15) is 21.5 Å². The summed E-state index contributed by atoms with van der Waals surface area (Å²) in [5.74, 6) is 0.406. The van der Waals surface area contributed by atoms with Gasteiger partial charge in [0.25, 0.3) is 5.91 Å². The van der Waals surface area contributed by atoms with Crippen molar-refractivity contribution in [1.29, 1.82) is 0 Å². The van der Waals surface area contributed by atoms with Crippen molar-refractivity contribution in [3.8, 4) is 5.75 Å². The van der Waals surface area contributed by atoms with Gasteiger partial charge in [0.1, 0.15) is 11.6 Å². The van der Waals surface area contributed by atoms with E-state index in [1.807, 2.05) is 24.3 Å². The molecule has 0 fully saturated rings. The molecule has 0 aromatic heterocycles. The Bertz CT molecular complexity index is 715. The van der Waals surface area contributed by atoms with Crippen LogP contribution in [0, 0.1) is 5.82 Å². The lowest BCUT2D eigenvalue weighted by atomic mass is 9.98. The first-order chi connectivity index (χ1) is 10.6. The average molecular weight is 364 g/mol. The Hall–Kier alpha value is -1.88. The first kappa shape index (κ1) is 15.0. The molecule has 3 nitrogen and oxygen atoms in total. The van der Waals surface area contributed by atoms with E-state index in [0.717, 1.165) is 16.9 Å². The molecule has 1 aliphatic rings. The topological polar surface area (TPSA) is 29.5 Å². The second-order valence-corrected chi connectivity index (χ2v) is 6.10. The van der Waals surface area contributed by atoms with Gasteiger partial charge in [0, 0.05) is 17.6 Å². The van der Waals surface area contributed by atoms with Gasteiger partial charge in [-0.2, -0.15) is 0 Å². The predicted molar refractivity (Wildman–Crippen MR) is 85.5 cm³/mol. The van der Waals surface area contributed by atoms with E-state index in [1.54, 1.807) is 12.0 Å². The van der Waals surface area contributed by atoms with Gasteiger partial charge in [0.05, 0.1) is 12.7 Å². The number of methoxy groups -OCH3 is 1. The Labute approximate surface area is 136 Å². The summed E-state index contributed by atoms with van der Waals surface area (Å²) >= 11 is 3.30. The van der Waals surface area contributed by atoms with Crippen molar-refractivity contribution in [3.05, 3.63) is 63.4 Å². The summed E-state index contributed by atoms with van der Waals surface area (Å²) in [6.07, 6.45) is 0.660. The van der Waals surface area contributed by atoms with Gasteiger partial charge in [-0.15, -0.1) is 0 Å². The lowest BCUT2D eigenvalue weighted by molar-refractivity contribution is 0.0725. The number of benzene rings is 2. The zero-order valence-corrected chi connectivity index (χ0v) is 13.7. The third-order valence-corrected chi connectivity index (χ3v) is 4.45. The molecule has 0 saturated heterocycles. The van der Waals surface area contributed by atoms with Gasteiger partial charge in [-0.05, 0) is 57.7 Å². The smallest absolute Gasteiger partial charge is 0.255 e. The summed E-state index contributed by atoms with van der Waals surface area (Å²) in [4.78, 5) is 14.4. The van der Waals surface area contributed by atoms with Crippen LogP contribution in [-0.2, 0) is 13.0 Å². The van der Waals surface area contributed by atoms with Crippen molar-refractivity contribution in [2.75, 3.05) is 13.7 Å². The zero-order chi connectivity index (χ0) is 15.7. The second kappa shape index (κ2) is 6.08. The molecule has 1 heterocycles. The Kier molecular flexibility index (Phi) is 4.16. The molecule has 5 heteroatoms. The monoisotopic (exact) mass is 363 g/mol. The molecule has 2 aromatic rings. The number of carbonyl (C=O) groups is 1. The molecule has 0 N–H and O–H groups in total. The highest BCUT2D eigenvalue weighted by Gasteiger charge is 2.27. The summed E-state index contributed by atoms with van der Waals surface area (Å²) in [5.41, 5.74) is 2.37. The minimum Gasteiger partial charge on any atom is -0.497 e. The van der Waals surface area contributed by atoms with Gasteiger partial charge in [-0.25, -0.2) is 4.39 Å². The van der Waals surface area contributed by atoms with Gasteiger partial charge in [0.2, 0.25) is 0 Å². The highest BCUT2D eigenvalue weighted by Crippen LogP contribution is 2.28. The molecular weight excluding hydrogens is 349 g/mol. The molecule has 0 saturated carbocycles. The van der Waals surface area contributed by atoms with E-state index in [-0.39, 0.29) is 11.7 Å². The molecule has 3 rings (SSSR count). The fraction of sp³-hybridized carbons (Fsp3) is 0.235. The number of ether oxygens (including phenoxy) is 1. The average Bonchev–Trinajstić information content (AvgIpc) is 2.50. The van der Waals surface area contributed by atoms with E-state index in [9.17, 15) is 9.18 Å². The maximum Gasteiger partial charge on any atom is 0.255 e. The SMILES string of the molecule is COc1ccc(CN2CCc3cc(F)cc(Br)c3C2=O)cc1. The van der Waals surface area contributed by atoms with Crippen LogP contribution in [0.4, 0.5) is 4.39 Å². The summed E-state index contributed by atoms with van der Waals surface area (Å²) in [6.45, 7) is 1.12. The number of carbonyl (C=O) groups excluding carboxylic acids is 1. The first-order valence-corrected chi connectivity index (χ1v) is 7.78. The molecule has 22 heavy (non-hydrogen) atoms. The van der Waals surface area contributed by atoms with E-state index in [2.05, 4.69) is 15.9 Å². The van der Waals surface area contributed by atoms with Gasteiger partial charge in [-0.1, -0.05) is 12.1 Å². The van der Waals surface area contributed by atoms with E-state index in [1.165, 1.54) is 12.1 Å². The normalized spacial score (nSPS) is 14.0. The lowest BCUT2D eigenvalue weighted by Gasteiger charge is -2.29. The number of amides is 1. The van der Waals surface area contributed by atoms with Crippen LogP contribution in [0.5, 0.6) is 5.75 Å². The van der Waals surface area contributed by atoms with E-state index < -0.39 is 0 Å². The molecule has 0 atom stereocenters. The second-order valence-electron chi connectivity index (χ2n) is 5.25. The molecule has 0 spiro atoms. The molecular formula is C17H15BrFNO2.